The summed E-state index contributed by atoms with van der Waals surface area (Å²) in [6.07, 6.45) is 2.07. The molecule has 0 amide bonds. The molecule has 2 atom stereocenters. The molecule has 0 saturated heterocycles. The number of para-hydroxylation sites is 1. The van der Waals surface area contributed by atoms with Gasteiger partial charge in [0.2, 0.25) is 0 Å². The third-order valence-electron chi connectivity index (χ3n) is 4.66. The Morgan fingerprint density at radius 2 is 2.00 bits per heavy atom. The molecule has 1 nitrogen and oxygen atoms in total. The average Bonchev–Trinajstić information content (AvgIpc) is 2.53. The lowest BCUT2D eigenvalue weighted by atomic mass is 9.65. The Bertz CT molecular complexity index is 514. The summed E-state index contributed by atoms with van der Waals surface area (Å²) in [5.74, 6) is 0. The second-order valence-electron chi connectivity index (χ2n) is 5.58. The van der Waals surface area contributed by atoms with Gasteiger partial charge in [0.1, 0.15) is 0 Å². The second kappa shape index (κ2) is 3.25. The summed E-state index contributed by atoms with van der Waals surface area (Å²) >= 11 is 0. The van der Waals surface area contributed by atoms with Crippen molar-refractivity contribution in [1.29, 1.82) is 0 Å². The Balaban J connectivity index is 2.21. The van der Waals surface area contributed by atoms with Crippen LogP contribution in [0.3, 0.4) is 0 Å². The van der Waals surface area contributed by atoms with Crippen LogP contribution in [0.15, 0.2) is 48.6 Å². The van der Waals surface area contributed by atoms with Gasteiger partial charge in [-0.3, -0.25) is 0 Å². The lowest BCUT2D eigenvalue weighted by Crippen LogP contribution is -2.45. The number of likely N-dealkylation sites (N-methyl/N-ethyl adjacent to an activating group) is 1. The van der Waals surface area contributed by atoms with E-state index in [0.717, 1.165) is 12.8 Å². The minimum absolute atomic E-state index is 0.104. The SMILES string of the molecule is C=C1CC(=C)C2(C)c3ccccc3N(C)C2C1. The number of benzene rings is 1. The summed E-state index contributed by atoms with van der Waals surface area (Å²) in [6.45, 7) is 10.8. The molecule has 1 fully saturated rings. The molecule has 1 aliphatic carbocycles. The molecule has 0 spiro atoms. The van der Waals surface area contributed by atoms with Crippen LogP contribution in [0.1, 0.15) is 25.3 Å². The fourth-order valence-corrected chi connectivity index (χ4v) is 3.55. The standard InChI is InChI=1S/C16H19N/c1-11-9-12(2)16(3)13-7-5-6-8-14(13)17(4)15(16)10-11/h5-8,15H,1-2,9-10H2,3-4H3. The zero-order valence-corrected chi connectivity index (χ0v) is 10.7. The van der Waals surface area contributed by atoms with Crippen LogP contribution in [0, 0.1) is 0 Å². The van der Waals surface area contributed by atoms with Crippen molar-refractivity contribution >= 4 is 5.69 Å². The van der Waals surface area contributed by atoms with Gasteiger partial charge in [-0.05, 0) is 31.4 Å². The maximum Gasteiger partial charge on any atom is 0.0456 e. The molecule has 2 aliphatic rings. The van der Waals surface area contributed by atoms with Crippen molar-refractivity contribution in [3.05, 3.63) is 54.1 Å². The summed E-state index contributed by atoms with van der Waals surface area (Å²) in [7, 11) is 2.20. The van der Waals surface area contributed by atoms with Crippen LogP contribution in [0.25, 0.3) is 0 Å². The van der Waals surface area contributed by atoms with Crippen LogP contribution in [-0.2, 0) is 5.41 Å². The largest absolute Gasteiger partial charge is 0.370 e. The van der Waals surface area contributed by atoms with Crippen LogP contribution in [0.4, 0.5) is 5.69 Å². The Morgan fingerprint density at radius 1 is 1.29 bits per heavy atom. The van der Waals surface area contributed by atoms with E-state index < -0.39 is 0 Å². The van der Waals surface area contributed by atoms with Crippen LogP contribution >= 0.6 is 0 Å². The number of nitrogens with zero attached hydrogens (tertiary/aromatic N) is 1. The fraction of sp³-hybridized carbons (Fsp3) is 0.375. The monoisotopic (exact) mass is 225 g/mol. The number of anilines is 1. The molecule has 1 saturated carbocycles. The average molecular weight is 225 g/mol. The predicted octanol–water partition coefficient (Wildman–Crippen LogP) is 3.67. The van der Waals surface area contributed by atoms with Gasteiger partial charge in [0.15, 0.2) is 0 Å². The number of rotatable bonds is 0. The molecule has 1 aromatic rings. The third kappa shape index (κ3) is 1.20. The molecule has 88 valence electrons. The molecule has 3 rings (SSSR count). The normalized spacial score (nSPS) is 31.4. The lowest BCUT2D eigenvalue weighted by molar-refractivity contribution is 0.411. The molecule has 1 aliphatic heterocycles. The van der Waals surface area contributed by atoms with Crippen LogP contribution in [0.2, 0.25) is 0 Å². The first kappa shape index (κ1) is 10.6. The molecule has 1 heterocycles. The van der Waals surface area contributed by atoms with Crippen molar-refractivity contribution < 1.29 is 0 Å². The van der Waals surface area contributed by atoms with Crippen molar-refractivity contribution in [2.24, 2.45) is 0 Å². The van der Waals surface area contributed by atoms with Crippen LogP contribution in [0.5, 0.6) is 0 Å². The zero-order valence-electron chi connectivity index (χ0n) is 10.7. The Hall–Kier alpha value is -1.50. The Labute approximate surface area is 103 Å². The van der Waals surface area contributed by atoms with E-state index >= 15 is 0 Å². The van der Waals surface area contributed by atoms with Gasteiger partial charge in [-0.1, -0.05) is 42.5 Å². The molecule has 1 heteroatoms. The number of fused-ring (bicyclic) bond motifs is 3. The van der Waals surface area contributed by atoms with E-state index in [2.05, 4.69) is 56.3 Å². The van der Waals surface area contributed by atoms with Gasteiger partial charge in [0.05, 0.1) is 0 Å². The molecule has 0 radical (unpaired) electrons. The predicted molar refractivity (Wildman–Crippen MR) is 73.5 cm³/mol. The van der Waals surface area contributed by atoms with E-state index in [-0.39, 0.29) is 5.41 Å². The molecular weight excluding hydrogens is 206 g/mol. The van der Waals surface area contributed by atoms with Gasteiger partial charge >= 0.3 is 0 Å². The van der Waals surface area contributed by atoms with Gasteiger partial charge in [0, 0.05) is 24.2 Å². The maximum absolute atomic E-state index is 4.32. The van der Waals surface area contributed by atoms with E-state index in [0.29, 0.717) is 6.04 Å². The van der Waals surface area contributed by atoms with Crippen molar-refractivity contribution in [1.82, 2.24) is 0 Å². The van der Waals surface area contributed by atoms with Gasteiger partial charge in [0.25, 0.3) is 0 Å². The van der Waals surface area contributed by atoms with E-state index in [1.807, 2.05) is 0 Å². The highest BCUT2D eigenvalue weighted by molar-refractivity contribution is 5.68. The Kier molecular flexibility index (Phi) is 2.04. The quantitative estimate of drug-likeness (QED) is 0.609. The highest BCUT2D eigenvalue weighted by Crippen LogP contribution is 2.53. The minimum atomic E-state index is 0.104. The molecule has 17 heavy (non-hydrogen) atoms. The van der Waals surface area contributed by atoms with E-state index in [1.54, 1.807) is 0 Å². The van der Waals surface area contributed by atoms with E-state index in [4.69, 9.17) is 0 Å². The van der Waals surface area contributed by atoms with Crippen molar-refractivity contribution in [3.8, 4) is 0 Å². The highest BCUT2D eigenvalue weighted by atomic mass is 15.2. The first-order valence-electron chi connectivity index (χ1n) is 6.22. The summed E-state index contributed by atoms with van der Waals surface area (Å²) in [6, 6.07) is 9.22. The summed E-state index contributed by atoms with van der Waals surface area (Å²) in [5.41, 5.74) is 5.53. The summed E-state index contributed by atoms with van der Waals surface area (Å²) in [4.78, 5) is 2.41. The van der Waals surface area contributed by atoms with E-state index in [9.17, 15) is 0 Å². The Morgan fingerprint density at radius 3 is 2.76 bits per heavy atom. The van der Waals surface area contributed by atoms with Crippen LogP contribution in [-0.4, -0.2) is 13.1 Å². The van der Waals surface area contributed by atoms with E-state index in [1.165, 1.54) is 22.4 Å². The summed E-state index contributed by atoms with van der Waals surface area (Å²) in [5, 5.41) is 0. The molecule has 0 N–H and O–H groups in total. The van der Waals surface area contributed by atoms with Gasteiger partial charge in [-0.2, -0.15) is 0 Å². The number of hydrogen-bond acceptors (Lipinski definition) is 1. The van der Waals surface area contributed by atoms with Crippen molar-refractivity contribution in [2.75, 3.05) is 11.9 Å². The van der Waals surface area contributed by atoms with Gasteiger partial charge in [-0.15, -0.1) is 0 Å². The van der Waals surface area contributed by atoms with Crippen molar-refractivity contribution in [2.45, 2.75) is 31.2 Å². The first-order valence-corrected chi connectivity index (χ1v) is 6.22. The maximum atomic E-state index is 4.32. The zero-order chi connectivity index (χ0) is 12.2. The molecule has 0 bridgehead atoms. The fourth-order valence-electron chi connectivity index (χ4n) is 3.55. The highest BCUT2D eigenvalue weighted by Gasteiger charge is 2.49. The molecule has 1 aromatic carbocycles. The van der Waals surface area contributed by atoms with Crippen LogP contribution < -0.4 is 4.90 Å². The number of hydrogen-bond donors (Lipinski definition) is 0. The summed E-state index contributed by atoms with van der Waals surface area (Å²) < 4.78 is 0. The van der Waals surface area contributed by atoms with Gasteiger partial charge in [-0.25, -0.2) is 0 Å². The van der Waals surface area contributed by atoms with Crippen molar-refractivity contribution in [3.63, 3.8) is 0 Å². The van der Waals surface area contributed by atoms with Gasteiger partial charge < -0.3 is 4.90 Å². The molecule has 0 aromatic heterocycles. The molecular formula is C16H19N. The smallest absolute Gasteiger partial charge is 0.0456 e. The molecule has 2 unspecified atom stereocenters. The first-order chi connectivity index (χ1) is 8.05. The lowest BCUT2D eigenvalue weighted by Gasteiger charge is -2.42. The minimum Gasteiger partial charge on any atom is -0.370 e. The third-order valence-corrected chi connectivity index (χ3v) is 4.66. The topological polar surface area (TPSA) is 3.24 Å². The second-order valence-corrected chi connectivity index (χ2v) is 5.58.